The molecular formula is C10H19IO4S. The van der Waals surface area contributed by atoms with Crippen molar-refractivity contribution in [3.63, 3.8) is 0 Å². The van der Waals surface area contributed by atoms with Crippen LogP contribution in [0.5, 0.6) is 0 Å². The van der Waals surface area contributed by atoms with E-state index >= 15 is 0 Å². The Balaban J connectivity index is 3.28. The van der Waals surface area contributed by atoms with Gasteiger partial charge in [-0.2, -0.15) is 0 Å². The fourth-order valence-corrected chi connectivity index (χ4v) is 1.61. The van der Waals surface area contributed by atoms with Crippen molar-refractivity contribution in [3.05, 3.63) is 0 Å². The topological polar surface area (TPSA) is 44.8 Å². The van der Waals surface area contributed by atoms with E-state index in [1.165, 1.54) is 9.21 Å². The van der Waals surface area contributed by atoms with Gasteiger partial charge in [0.25, 0.3) is 0 Å². The third kappa shape index (κ3) is 12.5. The number of esters is 1. The van der Waals surface area contributed by atoms with E-state index in [0.29, 0.717) is 32.7 Å². The molecular weight excluding hydrogens is 343 g/mol. The zero-order valence-electron chi connectivity index (χ0n) is 9.95. The molecule has 4 nitrogen and oxygen atoms in total. The van der Waals surface area contributed by atoms with Gasteiger partial charge in [0.1, 0.15) is 5.60 Å². The van der Waals surface area contributed by atoms with Crippen LogP contribution >= 0.6 is 30.4 Å². The van der Waals surface area contributed by atoms with Crippen LogP contribution in [0.2, 0.25) is 0 Å². The monoisotopic (exact) mass is 362 g/mol. The summed E-state index contributed by atoms with van der Waals surface area (Å²) in [5.74, 6) is -0.171. The number of hydrogen-bond acceptors (Lipinski definition) is 5. The van der Waals surface area contributed by atoms with Gasteiger partial charge in [-0.05, 0) is 27.2 Å². The first kappa shape index (κ1) is 16.5. The highest BCUT2D eigenvalue weighted by Gasteiger charge is 2.15. The van der Waals surface area contributed by atoms with Gasteiger partial charge in [-0.15, -0.1) is 0 Å². The number of halogens is 1. The molecule has 0 aliphatic carbocycles. The highest BCUT2D eigenvalue weighted by Crippen LogP contribution is 2.11. The van der Waals surface area contributed by atoms with Crippen LogP contribution in [0.1, 0.15) is 33.6 Å². The van der Waals surface area contributed by atoms with Gasteiger partial charge in [0.2, 0.25) is 0 Å². The molecule has 0 saturated carbocycles. The van der Waals surface area contributed by atoms with Gasteiger partial charge in [-0.3, -0.25) is 4.79 Å². The van der Waals surface area contributed by atoms with Gasteiger partial charge in [-0.25, -0.2) is 0 Å². The predicted molar refractivity (Wildman–Crippen MR) is 73.5 cm³/mol. The average Bonchev–Trinajstić information content (AvgIpc) is 2.13. The highest BCUT2D eigenvalue weighted by molar-refractivity contribution is 14.2. The van der Waals surface area contributed by atoms with E-state index in [2.05, 4.69) is 21.2 Å². The molecule has 0 rings (SSSR count). The van der Waals surface area contributed by atoms with Gasteiger partial charge in [0, 0.05) is 34.2 Å². The van der Waals surface area contributed by atoms with E-state index < -0.39 is 5.60 Å². The smallest absolute Gasteiger partial charge is 0.306 e. The Morgan fingerprint density at radius 1 is 1.25 bits per heavy atom. The zero-order chi connectivity index (χ0) is 12.4. The second kappa shape index (κ2) is 9.49. The second-order valence-corrected chi connectivity index (χ2v) is 5.63. The second-order valence-electron chi connectivity index (χ2n) is 4.19. The normalized spacial score (nSPS) is 11.5. The van der Waals surface area contributed by atoms with E-state index in [1.807, 2.05) is 20.8 Å². The van der Waals surface area contributed by atoms with Crippen LogP contribution in [0.4, 0.5) is 0 Å². The molecule has 0 spiro atoms. The summed E-state index contributed by atoms with van der Waals surface area (Å²) in [6, 6.07) is 0. The van der Waals surface area contributed by atoms with Crippen LogP contribution in [-0.2, 0) is 18.5 Å². The summed E-state index contributed by atoms with van der Waals surface area (Å²) in [6.07, 6.45) is 1.09. The van der Waals surface area contributed by atoms with E-state index in [0.717, 1.165) is 0 Å². The van der Waals surface area contributed by atoms with Gasteiger partial charge in [0.15, 0.2) is 0 Å². The van der Waals surface area contributed by atoms with Crippen LogP contribution in [0.3, 0.4) is 0 Å². The molecule has 6 heteroatoms. The maximum Gasteiger partial charge on any atom is 0.306 e. The molecule has 0 aromatic rings. The summed E-state index contributed by atoms with van der Waals surface area (Å²) in [5, 5.41) is 0. The molecule has 0 N–H and O–H groups in total. The van der Waals surface area contributed by atoms with Crippen LogP contribution in [0, 0.1) is 0 Å². The number of carbonyl (C=O) groups is 1. The highest BCUT2D eigenvalue weighted by atomic mass is 127. The Labute approximate surface area is 114 Å². The van der Waals surface area contributed by atoms with E-state index in [9.17, 15) is 4.79 Å². The summed E-state index contributed by atoms with van der Waals surface area (Å²) in [6.45, 7) is 7.28. The minimum atomic E-state index is -0.400. The number of ether oxygens (including phenoxy) is 2. The fraction of sp³-hybridized carbons (Fsp3) is 0.900. The third-order valence-corrected chi connectivity index (χ3v) is 2.46. The van der Waals surface area contributed by atoms with Crippen molar-refractivity contribution < 1.29 is 18.5 Å². The number of hydrogen-bond donors (Lipinski definition) is 0. The van der Waals surface area contributed by atoms with Crippen molar-refractivity contribution in [1.82, 2.24) is 0 Å². The van der Waals surface area contributed by atoms with Crippen molar-refractivity contribution in [2.45, 2.75) is 39.2 Å². The van der Waals surface area contributed by atoms with Crippen molar-refractivity contribution in [3.8, 4) is 0 Å². The summed E-state index contributed by atoms with van der Waals surface area (Å²) in [5.41, 5.74) is -0.400. The first-order chi connectivity index (χ1) is 7.45. The maximum atomic E-state index is 11.3. The Morgan fingerprint density at radius 3 is 2.50 bits per heavy atom. The first-order valence-corrected chi connectivity index (χ1v) is 8.44. The first-order valence-electron chi connectivity index (χ1n) is 5.15. The molecule has 0 bridgehead atoms. The van der Waals surface area contributed by atoms with Crippen LogP contribution < -0.4 is 0 Å². The number of carbonyl (C=O) groups excluding carboxylic acids is 1. The van der Waals surface area contributed by atoms with E-state index in [1.54, 1.807) is 0 Å². The van der Waals surface area contributed by atoms with E-state index in [4.69, 9.17) is 13.7 Å². The largest absolute Gasteiger partial charge is 0.460 e. The van der Waals surface area contributed by atoms with Crippen LogP contribution in [0.25, 0.3) is 0 Å². The summed E-state index contributed by atoms with van der Waals surface area (Å²) in [4.78, 5) is 11.3. The number of rotatable bonds is 8. The molecule has 0 heterocycles. The maximum absolute atomic E-state index is 11.3. The minimum absolute atomic E-state index is 0.171. The molecule has 0 aliphatic heterocycles. The molecule has 0 saturated heterocycles. The molecule has 16 heavy (non-hydrogen) atoms. The molecule has 0 fully saturated rings. The molecule has 0 unspecified atom stereocenters. The lowest BCUT2D eigenvalue weighted by atomic mass is 10.2. The lowest BCUT2D eigenvalue weighted by Crippen LogP contribution is -2.23. The summed E-state index contributed by atoms with van der Waals surface area (Å²) in [7, 11) is 1.29. The minimum Gasteiger partial charge on any atom is -0.460 e. The lowest BCUT2D eigenvalue weighted by molar-refractivity contribution is -0.155. The zero-order valence-corrected chi connectivity index (χ0v) is 12.9. The molecule has 0 aliphatic rings. The SMILES string of the molecule is CC(C)(C)OC(=O)CCCOCCOSI. The molecule has 0 aromatic carbocycles. The Kier molecular flexibility index (Phi) is 9.77. The Hall–Kier alpha value is 0.470. The van der Waals surface area contributed by atoms with Crippen LogP contribution in [-0.4, -0.2) is 31.4 Å². The van der Waals surface area contributed by atoms with Crippen molar-refractivity contribution in [2.75, 3.05) is 19.8 Å². The van der Waals surface area contributed by atoms with Crippen LogP contribution in [0.15, 0.2) is 0 Å². The van der Waals surface area contributed by atoms with Gasteiger partial charge in [0.05, 0.1) is 22.4 Å². The molecule has 96 valence electrons. The van der Waals surface area contributed by atoms with Crippen molar-refractivity contribution >= 4 is 36.4 Å². The third-order valence-electron chi connectivity index (χ3n) is 1.45. The molecule has 0 atom stereocenters. The molecule has 0 amide bonds. The fourth-order valence-electron chi connectivity index (χ4n) is 0.938. The van der Waals surface area contributed by atoms with Crippen molar-refractivity contribution in [1.29, 1.82) is 0 Å². The Bertz CT molecular complexity index is 194. The lowest BCUT2D eigenvalue weighted by Gasteiger charge is -2.19. The quantitative estimate of drug-likeness (QED) is 0.287. The molecule has 0 radical (unpaired) electrons. The standard InChI is InChI=1S/C10H19IO4S/c1-10(2,3)15-9(12)5-4-6-13-7-8-14-16-11/h4-8H2,1-3H3. The average molecular weight is 362 g/mol. The molecule has 0 aromatic heterocycles. The summed E-state index contributed by atoms with van der Waals surface area (Å²) >= 11 is 2.05. The van der Waals surface area contributed by atoms with Gasteiger partial charge >= 0.3 is 5.97 Å². The Morgan fingerprint density at radius 2 is 1.94 bits per heavy atom. The summed E-state index contributed by atoms with van der Waals surface area (Å²) < 4.78 is 15.4. The van der Waals surface area contributed by atoms with E-state index in [-0.39, 0.29) is 5.97 Å². The van der Waals surface area contributed by atoms with Gasteiger partial charge in [-0.1, -0.05) is 0 Å². The van der Waals surface area contributed by atoms with Crippen molar-refractivity contribution in [2.24, 2.45) is 0 Å². The van der Waals surface area contributed by atoms with Gasteiger partial charge < -0.3 is 13.7 Å². The predicted octanol–water partition coefficient (Wildman–Crippen LogP) is 3.14.